The van der Waals surface area contributed by atoms with E-state index in [-0.39, 0.29) is 0 Å². The quantitative estimate of drug-likeness (QED) is 0.653. The number of rotatable bonds is 3. The smallest absolute Gasteiger partial charge is 0.161 e. The Hall–Kier alpha value is -1.94. The zero-order valence-electron chi connectivity index (χ0n) is 11.3. The van der Waals surface area contributed by atoms with Gasteiger partial charge in [0.2, 0.25) is 0 Å². The first-order chi connectivity index (χ1) is 9.19. The van der Waals surface area contributed by atoms with Gasteiger partial charge < -0.3 is 5.43 Å². The molecule has 3 rings (SSSR count). The molecule has 19 heavy (non-hydrogen) atoms. The molecule has 1 aromatic heterocycles. The van der Waals surface area contributed by atoms with Crippen LogP contribution < -0.4 is 11.3 Å². The molecule has 1 fully saturated rings. The van der Waals surface area contributed by atoms with Crippen molar-refractivity contribution in [2.75, 3.05) is 5.43 Å². The maximum atomic E-state index is 5.50. The topological polar surface area (TPSA) is 63.8 Å². The van der Waals surface area contributed by atoms with Crippen LogP contribution in [0.5, 0.6) is 0 Å². The van der Waals surface area contributed by atoms with E-state index in [1.807, 2.05) is 13.8 Å². The average molecular weight is 254 g/mol. The Labute approximate surface area is 113 Å². The minimum absolute atomic E-state index is 0.689. The highest BCUT2D eigenvalue weighted by Crippen LogP contribution is 2.40. The van der Waals surface area contributed by atoms with Crippen molar-refractivity contribution in [1.29, 1.82) is 0 Å². The van der Waals surface area contributed by atoms with Crippen LogP contribution in [-0.2, 0) is 0 Å². The van der Waals surface area contributed by atoms with Crippen LogP contribution in [0, 0.1) is 13.8 Å². The molecule has 4 nitrogen and oxygen atoms in total. The first-order valence-corrected chi connectivity index (χ1v) is 6.61. The molecule has 0 unspecified atom stereocenters. The molecule has 0 saturated heterocycles. The molecule has 1 saturated carbocycles. The lowest BCUT2D eigenvalue weighted by Crippen LogP contribution is -2.12. The summed E-state index contributed by atoms with van der Waals surface area (Å²) in [5.74, 6) is 7.68. The molecule has 1 aliphatic rings. The minimum atomic E-state index is 0.689. The van der Waals surface area contributed by atoms with Gasteiger partial charge in [-0.3, -0.25) is 0 Å². The fourth-order valence-corrected chi connectivity index (χ4v) is 2.22. The maximum absolute atomic E-state index is 5.50. The van der Waals surface area contributed by atoms with Crippen molar-refractivity contribution in [2.24, 2.45) is 5.84 Å². The number of hydrogen-bond donors (Lipinski definition) is 2. The second-order valence-corrected chi connectivity index (χ2v) is 5.15. The van der Waals surface area contributed by atoms with Crippen LogP contribution in [0.25, 0.3) is 11.4 Å². The Kier molecular flexibility index (Phi) is 2.95. The lowest BCUT2D eigenvalue weighted by Gasteiger charge is -2.09. The normalized spacial score (nSPS) is 14.5. The molecular weight excluding hydrogens is 236 g/mol. The van der Waals surface area contributed by atoms with Gasteiger partial charge in [-0.25, -0.2) is 15.8 Å². The summed E-state index contributed by atoms with van der Waals surface area (Å²) in [5, 5.41) is 0. The SMILES string of the molecule is Cc1nc(-c2ccc(C3CC3)cc2)nc(NN)c1C. The molecule has 2 aromatic rings. The number of benzene rings is 1. The molecule has 0 spiro atoms. The third kappa shape index (κ3) is 2.31. The van der Waals surface area contributed by atoms with E-state index in [0.717, 1.165) is 28.6 Å². The minimum Gasteiger partial charge on any atom is -0.308 e. The molecule has 1 aromatic carbocycles. The molecule has 1 heterocycles. The average Bonchev–Trinajstić information content (AvgIpc) is 3.26. The lowest BCUT2D eigenvalue weighted by molar-refractivity contribution is 1.06. The van der Waals surface area contributed by atoms with Crippen molar-refractivity contribution in [3.05, 3.63) is 41.1 Å². The fraction of sp³-hybridized carbons (Fsp3) is 0.333. The molecule has 4 heteroatoms. The summed E-state index contributed by atoms with van der Waals surface area (Å²) in [6.45, 7) is 3.93. The Morgan fingerprint density at radius 2 is 1.79 bits per heavy atom. The van der Waals surface area contributed by atoms with Crippen molar-refractivity contribution >= 4 is 5.82 Å². The van der Waals surface area contributed by atoms with Gasteiger partial charge in [-0.15, -0.1) is 0 Å². The fourth-order valence-electron chi connectivity index (χ4n) is 2.22. The van der Waals surface area contributed by atoms with E-state index in [4.69, 9.17) is 5.84 Å². The second kappa shape index (κ2) is 4.63. The molecule has 98 valence electrons. The first-order valence-electron chi connectivity index (χ1n) is 6.61. The zero-order valence-corrected chi connectivity index (χ0v) is 11.3. The summed E-state index contributed by atoms with van der Waals surface area (Å²) in [5.41, 5.74) is 7.02. The van der Waals surface area contributed by atoms with E-state index in [1.165, 1.54) is 18.4 Å². The number of aryl methyl sites for hydroxylation is 1. The van der Waals surface area contributed by atoms with Gasteiger partial charge in [0.25, 0.3) is 0 Å². The number of nitrogen functional groups attached to an aromatic ring is 1. The van der Waals surface area contributed by atoms with Crippen molar-refractivity contribution in [2.45, 2.75) is 32.6 Å². The summed E-state index contributed by atoms with van der Waals surface area (Å²) in [6.07, 6.45) is 2.64. The monoisotopic (exact) mass is 254 g/mol. The van der Waals surface area contributed by atoms with Crippen LogP contribution in [0.3, 0.4) is 0 Å². The molecular formula is C15H18N4. The molecule has 0 atom stereocenters. The number of hydrazine groups is 1. The van der Waals surface area contributed by atoms with E-state index < -0.39 is 0 Å². The zero-order chi connectivity index (χ0) is 13.4. The Bertz CT molecular complexity index is 600. The van der Waals surface area contributed by atoms with Crippen molar-refractivity contribution in [3.63, 3.8) is 0 Å². The summed E-state index contributed by atoms with van der Waals surface area (Å²) < 4.78 is 0. The van der Waals surface area contributed by atoms with Gasteiger partial charge in [0.15, 0.2) is 5.82 Å². The van der Waals surface area contributed by atoms with Crippen molar-refractivity contribution < 1.29 is 0 Å². The van der Waals surface area contributed by atoms with Gasteiger partial charge in [0.05, 0.1) is 0 Å². The number of nitrogens with one attached hydrogen (secondary N) is 1. The molecule has 0 aliphatic heterocycles. The number of hydrogen-bond acceptors (Lipinski definition) is 4. The van der Waals surface area contributed by atoms with E-state index >= 15 is 0 Å². The van der Waals surface area contributed by atoms with Gasteiger partial charge >= 0.3 is 0 Å². The number of aromatic nitrogens is 2. The van der Waals surface area contributed by atoms with Crippen LogP contribution in [0.4, 0.5) is 5.82 Å². The molecule has 0 bridgehead atoms. The Morgan fingerprint density at radius 1 is 1.11 bits per heavy atom. The van der Waals surface area contributed by atoms with Gasteiger partial charge in [0.1, 0.15) is 5.82 Å². The van der Waals surface area contributed by atoms with E-state index in [2.05, 4.69) is 39.7 Å². The third-order valence-electron chi connectivity index (χ3n) is 3.74. The first kappa shape index (κ1) is 12.1. The number of anilines is 1. The highest BCUT2D eigenvalue weighted by atomic mass is 15.3. The van der Waals surface area contributed by atoms with E-state index in [1.54, 1.807) is 0 Å². The van der Waals surface area contributed by atoms with Crippen LogP contribution in [0.15, 0.2) is 24.3 Å². The van der Waals surface area contributed by atoms with Crippen LogP contribution in [0.1, 0.15) is 35.6 Å². The Morgan fingerprint density at radius 3 is 2.37 bits per heavy atom. The van der Waals surface area contributed by atoms with Gasteiger partial charge in [0, 0.05) is 16.8 Å². The predicted molar refractivity (Wildman–Crippen MR) is 76.7 cm³/mol. The molecule has 1 aliphatic carbocycles. The summed E-state index contributed by atoms with van der Waals surface area (Å²) in [6, 6.07) is 8.55. The van der Waals surface area contributed by atoms with Crippen molar-refractivity contribution in [1.82, 2.24) is 9.97 Å². The van der Waals surface area contributed by atoms with E-state index in [0.29, 0.717) is 5.82 Å². The number of nitrogens with two attached hydrogens (primary N) is 1. The molecule has 0 radical (unpaired) electrons. The lowest BCUT2D eigenvalue weighted by atomic mass is 10.1. The highest BCUT2D eigenvalue weighted by molar-refractivity contribution is 5.60. The third-order valence-corrected chi connectivity index (χ3v) is 3.74. The predicted octanol–water partition coefficient (Wildman–Crippen LogP) is 2.92. The Balaban J connectivity index is 1.98. The van der Waals surface area contributed by atoms with Crippen LogP contribution >= 0.6 is 0 Å². The summed E-state index contributed by atoms with van der Waals surface area (Å²) in [7, 11) is 0. The van der Waals surface area contributed by atoms with Crippen molar-refractivity contribution in [3.8, 4) is 11.4 Å². The maximum Gasteiger partial charge on any atom is 0.161 e. The molecule has 0 amide bonds. The van der Waals surface area contributed by atoms with Gasteiger partial charge in [-0.05, 0) is 38.2 Å². The number of nitrogens with zero attached hydrogens (tertiary/aromatic N) is 2. The highest BCUT2D eigenvalue weighted by Gasteiger charge is 2.23. The van der Waals surface area contributed by atoms with Crippen LogP contribution in [0.2, 0.25) is 0 Å². The van der Waals surface area contributed by atoms with Gasteiger partial charge in [-0.1, -0.05) is 24.3 Å². The van der Waals surface area contributed by atoms with Crippen LogP contribution in [-0.4, -0.2) is 9.97 Å². The van der Waals surface area contributed by atoms with E-state index in [9.17, 15) is 0 Å². The van der Waals surface area contributed by atoms with Gasteiger partial charge in [-0.2, -0.15) is 0 Å². The second-order valence-electron chi connectivity index (χ2n) is 5.15. The summed E-state index contributed by atoms with van der Waals surface area (Å²) in [4.78, 5) is 9.00. The molecule has 3 N–H and O–H groups in total. The largest absolute Gasteiger partial charge is 0.308 e. The standard InChI is InChI=1S/C15H18N4/c1-9-10(2)17-15(18-14(9)19-16)13-7-5-12(6-8-13)11-3-4-11/h5-8,11H,3-4,16H2,1-2H3,(H,17,18,19). The summed E-state index contributed by atoms with van der Waals surface area (Å²) >= 11 is 0.